The lowest BCUT2D eigenvalue weighted by Crippen LogP contribution is -1.80. The summed E-state index contributed by atoms with van der Waals surface area (Å²) < 4.78 is 0.411. The van der Waals surface area contributed by atoms with E-state index in [2.05, 4.69) is 15.9 Å². The van der Waals surface area contributed by atoms with Crippen molar-refractivity contribution < 1.29 is 4.79 Å². The van der Waals surface area contributed by atoms with E-state index in [1.165, 1.54) is 0 Å². The fraction of sp³-hybridized carbons (Fsp3) is 0.250. The molecule has 0 N–H and O–H groups in total. The maximum atomic E-state index is 10.0. The summed E-state index contributed by atoms with van der Waals surface area (Å²) in [5.74, 6) is 0. The van der Waals surface area contributed by atoms with Gasteiger partial charge in [0.05, 0.1) is 4.48 Å². The first-order valence-electron chi connectivity index (χ1n) is 1.70. The van der Waals surface area contributed by atoms with Crippen LogP contribution in [0.4, 0.5) is 0 Å². The molecule has 0 aliphatic rings. The van der Waals surface area contributed by atoms with Gasteiger partial charge in [0.25, 0.3) is 5.24 Å². The molecule has 0 amide bonds. The Hall–Kier alpha value is 0.180. The highest BCUT2D eigenvalue weighted by atomic mass is 79.9. The average molecular weight is 183 g/mol. The second kappa shape index (κ2) is 3.22. The highest BCUT2D eigenvalue weighted by Gasteiger charge is 1.95. The number of halogens is 2. The first-order chi connectivity index (χ1) is 3.18. The molecular weight excluding hydrogens is 179 g/mol. The molecule has 1 nitrogen and oxygen atoms in total. The zero-order valence-corrected chi connectivity index (χ0v) is 6.08. The van der Waals surface area contributed by atoms with Gasteiger partial charge in [-0.15, -0.1) is 0 Å². The molecule has 3 heteroatoms. The van der Waals surface area contributed by atoms with Crippen LogP contribution in [-0.4, -0.2) is 5.24 Å². The molecule has 0 saturated carbocycles. The lowest BCUT2D eigenvalue weighted by Gasteiger charge is -1.79. The van der Waals surface area contributed by atoms with Crippen molar-refractivity contribution >= 4 is 32.8 Å². The normalized spacial score (nSPS) is 11.6. The topological polar surface area (TPSA) is 17.1 Å². The van der Waals surface area contributed by atoms with E-state index in [1.807, 2.05) is 0 Å². The van der Waals surface area contributed by atoms with E-state index in [4.69, 9.17) is 11.6 Å². The van der Waals surface area contributed by atoms with E-state index >= 15 is 0 Å². The standard InChI is InChI=1S/C4H4BrClO/c1-2-3(5)4(6)7/h2H,1H3/b3-2+. The van der Waals surface area contributed by atoms with Crippen molar-refractivity contribution in [1.29, 1.82) is 0 Å². The van der Waals surface area contributed by atoms with Crippen molar-refractivity contribution in [2.24, 2.45) is 0 Å². The van der Waals surface area contributed by atoms with E-state index < -0.39 is 5.24 Å². The number of carbonyl (C=O) groups is 1. The van der Waals surface area contributed by atoms with Crippen molar-refractivity contribution in [3.63, 3.8) is 0 Å². The summed E-state index contributed by atoms with van der Waals surface area (Å²) in [4.78, 5) is 10.0. The fourth-order valence-electron chi connectivity index (χ4n) is 0.113. The molecule has 0 aromatic rings. The molecule has 40 valence electrons. The van der Waals surface area contributed by atoms with Gasteiger partial charge in [-0.25, -0.2) is 0 Å². The molecule has 0 unspecified atom stereocenters. The molecule has 0 rings (SSSR count). The number of hydrogen-bond acceptors (Lipinski definition) is 1. The van der Waals surface area contributed by atoms with Gasteiger partial charge in [-0.05, 0) is 34.5 Å². The Balaban J connectivity index is 3.82. The molecule has 0 aliphatic carbocycles. The molecule has 0 saturated heterocycles. The fourth-order valence-corrected chi connectivity index (χ4v) is 0.223. The molecule has 0 fully saturated rings. The smallest absolute Gasteiger partial charge is 0.259 e. The van der Waals surface area contributed by atoms with Crippen LogP contribution in [0.15, 0.2) is 10.6 Å². The van der Waals surface area contributed by atoms with Crippen molar-refractivity contribution in [2.75, 3.05) is 0 Å². The summed E-state index contributed by atoms with van der Waals surface area (Å²) in [5.41, 5.74) is 0. The van der Waals surface area contributed by atoms with Gasteiger partial charge in [0.1, 0.15) is 0 Å². The minimum absolute atomic E-state index is 0.411. The van der Waals surface area contributed by atoms with Crippen LogP contribution in [0.2, 0.25) is 0 Å². The highest BCUT2D eigenvalue weighted by molar-refractivity contribution is 9.12. The first-order valence-corrected chi connectivity index (χ1v) is 2.87. The number of hydrogen-bond donors (Lipinski definition) is 0. The maximum absolute atomic E-state index is 10.0. The second-order valence-corrected chi connectivity index (χ2v) is 2.11. The summed E-state index contributed by atoms with van der Waals surface area (Å²) in [6.07, 6.45) is 1.59. The Bertz CT molecular complexity index is 108. The Morgan fingerprint density at radius 3 is 2.29 bits per heavy atom. The van der Waals surface area contributed by atoms with E-state index in [0.29, 0.717) is 4.48 Å². The van der Waals surface area contributed by atoms with E-state index in [0.717, 1.165) is 0 Å². The largest absolute Gasteiger partial charge is 0.275 e. The molecule has 0 radical (unpaired) electrons. The van der Waals surface area contributed by atoms with Crippen molar-refractivity contribution in [2.45, 2.75) is 6.92 Å². The van der Waals surface area contributed by atoms with E-state index in [9.17, 15) is 4.79 Å². The van der Waals surface area contributed by atoms with Crippen LogP contribution in [0.3, 0.4) is 0 Å². The lowest BCUT2D eigenvalue weighted by atomic mass is 10.6. The minimum atomic E-state index is -0.456. The quantitative estimate of drug-likeness (QED) is 0.449. The monoisotopic (exact) mass is 182 g/mol. The van der Waals surface area contributed by atoms with Crippen molar-refractivity contribution in [3.8, 4) is 0 Å². The zero-order chi connectivity index (χ0) is 5.86. The molecule has 0 heterocycles. The molecule has 0 bridgehead atoms. The third-order valence-corrected chi connectivity index (χ3v) is 1.69. The minimum Gasteiger partial charge on any atom is -0.275 e. The van der Waals surface area contributed by atoms with Crippen molar-refractivity contribution in [3.05, 3.63) is 10.6 Å². The molecule has 0 aromatic heterocycles. The maximum Gasteiger partial charge on any atom is 0.259 e. The predicted octanol–water partition coefficient (Wildman–Crippen LogP) is 2.05. The highest BCUT2D eigenvalue weighted by Crippen LogP contribution is 2.06. The van der Waals surface area contributed by atoms with Crippen LogP contribution in [0.5, 0.6) is 0 Å². The molecule has 7 heavy (non-hydrogen) atoms. The van der Waals surface area contributed by atoms with Gasteiger partial charge in [0.15, 0.2) is 0 Å². The number of carbonyl (C=O) groups excluding carboxylic acids is 1. The van der Waals surface area contributed by atoms with Crippen LogP contribution in [0.25, 0.3) is 0 Å². The number of allylic oxidation sites excluding steroid dienone is 2. The van der Waals surface area contributed by atoms with Crippen LogP contribution in [-0.2, 0) is 4.79 Å². The Labute approximate surface area is 55.5 Å². The molecule has 0 aromatic carbocycles. The molecular formula is C4H4BrClO. The van der Waals surface area contributed by atoms with Crippen molar-refractivity contribution in [1.82, 2.24) is 0 Å². The number of rotatable bonds is 1. The van der Waals surface area contributed by atoms with E-state index in [1.54, 1.807) is 13.0 Å². The second-order valence-electron chi connectivity index (χ2n) is 0.910. The summed E-state index contributed by atoms with van der Waals surface area (Å²) in [7, 11) is 0. The Morgan fingerprint density at radius 2 is 2.29 bits per heavy atom. The van der Waals surface area contributed by atoms with Crippen LogP contribution >= 0.6 is 27.5 Å². The van der Waals surface area contributed by atoms with Crippen LogP contribution in [0.1, 0.15) is 6.92 Å². The first kappa shape index (κ1) is 7.18. The van der Waals surface area contributed by atoms with Gasteiger partial charge in [0, 0.05) is 0 Å². The van der Waals surface area contributed by atoms with Gasteiger partial charge in [-0.3, -0.25) is 4.79 Å². The van der Waals surface area contributed by atoms with Gasteiger partial charge >= 0.3 is 0 Å². The molecule has 0 atom stereocenters. The molecule has 0 aliphatic heterocycles. The summed E-state index contributed by atoms with van der Waals surface area (Å²) in [6.45, 7) is 1.73. The van der Waals surface area contributed by atoms with Gasteiger partial charge < -0.3 is 0 Å². The summed E-state index contributed by atoms with van der Waals surface area (Å²) >= 11 is 7.90. The SMILES string of the molecule is C/C=C(/Br)C(=O)Cl. The zero-order valence-electron chi connectivity index (χ0n) is 3.74. The van der Waals surface area contributed by atoms with Gasteiger partial charge in [-0.1, -0.05) is 6.08 Å². The summed E-state index contributed by atoms with van der Waals surface area (Å²) in [6, 6.07) is 0. The predicted molar refractivity (Wildman–Crippen MR) is 33.5 cm³/mol. The Morgan fingerprint density at radius 1 is 1.86 bits per heavy atom. The average Bonchev–Trinajstić information content (AvgIpc) is 1.65. The third kappa shape index (κ3) is 2.83. The molecule has 0 spiro atoms. The summed E-state index contributed by atoms with van der Waals surface area (Å²) in [5, 5.41) is -0.456. The van der Waals surface area contributed by atoms with E-state index in [-0.39, 0.29) is 0 Å². The van der Waals surface area contributed by atoms with Crippen LogP contribution in [0, 0.1) is 0 Å². The van der Waals surface area contributed by atoms with Crippen LogP contribution < -0.4 is 0 Å². The third-order valence-electron chi connectivity index (χ3n) is 0.441. The lowest BCUT2D eigenvalue weighted by molar-refractivity contribution is -0.107. The van der Waals surface area contributed by atoms with Gasteiger partial charge in [0.2, 0.25) is 0 Å². The Kier molecular flexibility index (Phi) is 3.30. The van der Waals surface area contributed by atoms with Gasteiger partial charge in [-0.2, -0.15) is 0 Å².